The quantitative estimate of drug-likeness (QED) is 0.747. The summed E-state index contributed by atoms with van der Waals surface area (Å²) < 4.78 is 5.19. The Morgan fingerprint density at radius 2 is 2.00 bits per heavy atom. The number of ether oxygens (including phenoxy) is 1. The lowest BCUT2D eigenvalue weighted by Gasteiger charge is -2.04. The SMILES string of the molecule is COc1cc(C)nc(-c2ccccn2)c1. The maximum atomic E-state index is 5.19. The fourth-order valence-corrected chi connectivity index (χ4v) is 1.40. The van der Waals surface area contributed by atoms with Gasteiger partial charge in [0, 0.05) is 24.0 Å². The molecule has 0 fully saturated rings. The molecule has 0 aromatic carbocycles. The van der Waals surface area contributed by atoms with Crippen LogP contribution in [0.5, 0.6) is 5.75 Å². The van der Waals surface area contributed by atoms with Gasteiger partial charge in [0.05, 0.1) is 18.5 Å². The Bertz CT molecular complexity index is 454. The van der Waals surface area contributed by atoms with E-state index in [0.29, 0.717) is 0 Å². The number of methoxy groups -OCH3 is 1. The molecule has 15 heavy (non-hydrogen) atoms. The van der Waals surface area contributed by atoms with Crippen LogP contribution in [-0.4, -0.2) is 17.1 Å². The van der Waals surface area contributed by atoms with E-state index in [-0.39, 0.29) is 0 Å². The van der Waals surface area contributed by atoms with Gasteiger partial charge in [0.15, 0.2) is 0 Å². The minimum Gasteiger partial charge on any atom is -0.497 e. The van der Waals surface area contributed by atoms with Crippen molar-refractivity contribution in [1.82, 2.24) is 9.97 Å². The van der Waals surface area contributed by atoms with Gasteiger partial charge in [-0.05, 0) is 19.1 Å². The summed E-state index contributed by atoms with van der Waals surface area (Å²) in [5, 5.41) is 0. The first-order valence-electron chi connectivity index (χ1n) is 4.73. The molecule has 2 rings (SSSR count). The van der Waals surface area contributed by atoms with Gasteiger partial charge in [-0.25, -0.2) is 0 Å². The van der Waals surface area contributed by atoms with E-state index < -0.39 is 0 Å². The normalized spacial score (nSPS) is 10.0. The Balaban J connectivity index is 2.49. The van der Waals surface area contributed by atoms with Gasteiger partial charge in [-0.3, -0.25) is 9.97 Å². The Morgan fingerprint density at radius 1 is 1.13 bits per heavy atom. The molecule has 2 aromatic rings. The van der Waals surface area contributed by atoms with E-state index in [1.54, 1.807) is 13.3 Å². The third-order valence-electron chi connectivity index (χ3n) is 2.09. The Kier molecular flexibility index (Phi) is 2.63. The van der Waals surface area contributed by atoms with Crippen LogP contribution in [0, 0.1) is 6.92 Å². The molecule has 3 nitrogen and oxygen atoms in total. The average Bonchev–Trinajstić information content (AvgIpc) is 2.29. The fraction of sp³-hybridized carbons (Fsp3) is 0.167. The van der Waals surface area contributed by atoms with Gasteiger partial charge in [0.25, 0.3) is 0 Å². The minimum absolute atomic E-state index is 0.808. The van der Waals surface area contributed by atoms with E-state index in [1.807, 2.05) is 37.3 Å². The standard InChI is InChI=1S/C12H12N2O/c1-9-7-10(15-2)8-12(14-9)11-5-3-4-6-13-11/h3-8H,1-2H3. The molecule has 0 saturated heterocycles. The van der Waals surface area contributed by atoms with Crippen LogP contribution in [0.15, 0.2) is 36.5 Å². The summed E-state index contributed by atoms with van der Waals surface area (Å²) in [6.07, 6.45) is 1.76. The second-order valence-electron chi connectivity index (χ2n) is 3.25. The molecule has 0 spiro atoms. The maximum absolute atomic E-state index is 5.19. The lowest BCUT2D eigenvalue weighted by molar-refractivity contribution is 0.414. The highest BCUT2D eigenvalue weighted by Crippen LogP contribution is 2.20. The van der Waals surface area contributed by atoms with E-state index in [9.17, 15) is 0 Å². The van der Waals surface area contributed by atoms with Gasteiger partial charge in [0.1, 0.15) is 5.75 Å². The van der Waals surface area contributed by atoms with Crippen molar-refractivity contribution in [2.24, 2.45) is 0 Å². The molecule has 2 heterocycles. The first kappa shape index (κ1) is 9.65. The van der Waals surface area contributed by atoms with E-state index in [2.05, 4.69) is 9.97 Å². The molecule has 0 aliphatic rings. The number of pyridine rings is 2. The lowest BCUT2D eigenvalue weighted by Crippen LogP contribution is -1.92. The fourth-order valence-electron chi connectivity index (χ4n) is 1.40. The summed E-state index contributed by atoms with van der Waals surface area (Å²) in [7, 11) is 1.65. The number of aryl methyl sites for hydroxylation is 1. The van der Waals surface area contributed by atoms with Crippen LogP contribution in [0.2, 0.25) is 0 Å². The van der Waals surface area contributed by atoms with Gasteiger partial charge < -0.3 is 4.74 Å². The van der Waals surface area contributed by atoms with Crippen molar-refractivity contribution in [2.45, 2.75) is 6.92 Å². The molecule has 0 unspecified atom stereocenters. The summed E-state index contributed by atoms with van der Waals surface area (Å²) >= 11 is 0. The number of nitrogens with zero attached hydrogens (tertiary/aromatic N) is 2. The summed E-state index contributed by atoms with van der Waals surface area (Å²) in [6, 6.07) is 9.54. The number of hydrogen-bond acceptors (Lipinski definition) is 3. The smallest absolute Gasteiger partial charge is 0.122 e. The molecule has 0 aliphatic heterocycles. The molecule has 2 aromatic heterocycles. The molecule has 0 amide bonds. The van der Waals surface area contributed by atoms with Crippen LogP contribution in [0.4, 0.5) is 0 Å². The molecule has 76 valence electrons. The van der Waals surface area contributed by atoms with Crippen molar-refractivity contribution in [3.05, 3.63) is 42.2 Å². The number of hydrogen-bond donors (Lipinski definition) is 0. The predicted octanol–water partition coefficient (Wildman–Crippen LogP) is 2.46. The Morgan fingerprint density at radius 3 is 2.67 bits per heavy atom. The van der Waals surface area contributed by atoms with Crippen molar-refractivity contribution < 1.29 is 4.74 Å². The largest absolute Gasteiger partial charge is 0.497 e. The van der Waals surface area contributed by atoms with Crippen molar-refractivity contribution >= 4 is 0 Å². The molecule has 0 aliphatic carbocycles. The first-order chi connectivity index (χ1) is 7.29. The highest BCUT2D eigenvalue weighted by atomic mass is 16.5. The minimum atomic E-state index is 0.808. The molecular weight excluding hydrogens is 188 g/mol. The lowest BCUT2D eigenvalue weighted by atomic mass is 10.2. The zero-order chi connectivity index (χ0) is 10.7. The molecule has 0 radical (unpaired) electrons. The van der Waals surface area contributed by atoms with Gasteiger partial charge >= 0.3 is 0 Å². The monoisotopic (exact) mass is 200 g/mol. The van der Waals surface area contributed by atoms with Crippen molar-refractivity contribution in [2.75, 3.05) is 7.11 Å². The van der Waals surface area contributed by atoms with E-state index in [4.69, 9.17) is 4.74 Å². The maximum Gasteiger partial charge on any atom is 0.122 e. The Hall–Kier alpha value is -1.90. The van der Waals surface area contributed by atoms with E-state index in [0.717, 1.165) is 22.8 Å². The van der Waals surface area contributed by atoms with Crippen LogP contribution in [0.3, 0.4) is 0 Å². The number of rotatable bonds is 2. The zero-order valence-electron chi connectivity index (χ0n) is 8.77. The molecule has 3 heteroatoms. The summed E-state index contributed by atoms with van der Waals surface area (Å²) in [5.41, 5.74) is 2.63. The molecule has 0 N–H and O–H groups in total. The first-order valence-corrected chi connectivity index (χ1v) is 4.73. The predicted molar refractivity (Wildman–Crippen MR) is 58.8 cm³/mol. The second-order valence-corrected chi connectivity index (χ2v) is 3.25. The zero-order valence-corrected chi connectivity index (χ0v) is 8.77. The summed E-state index contributed by atoms with van der Waals surface area (Å²) in [6.45, 7) is 1.94. The number of aromatic nitrogens is 2. The highest BCUT2D eigenvalue weighted by molar-refractivity contribution is 5.56. The summed E-state index contributed by atoms with van der Waals surface area (Å²) in [4.78, 5) is 8.66. The molecular formula is C12H12N2O. The molecule has 0 bridgehead atoms. The second kappa shape index (κ2) is 4.09. The third-order valence-corrected chi connectivity index (χ3v) is 2.09. The third kappa shape index (κ3) is 2.13. The summed E-state index contributed by atoms with van der Waals surface area (Å²) in [5.74, 6) is 0.808. The van der Waals surface area contributed by atoms with Crippen LogP contribution in [0.25, 0.3) is 11.4 Å². The van der Waals surface area contributed by atoms with E-state index in [1.165, 1.54) is 0 Å². The van der Waals surface area contributed by atoms with Gasteiger partial charge in [-0.2, -0.15) is 0 Å². The van der Waals surface area contributed by atoms with Crippen LogP contribution in [0.1, 0.15) is 5.69 Å². The topological polar surface area (TPSA) is 35.0 Å². The highest BCUT2D eigenvalue weighted by Gasteiger charge is 2.03. The average molecular weight is 200 g/mol. The molecule has 0 saturated carbocycles. The van der Waals surface area contributed by atoms with E-state index >= 15 is 0 Å². The van der Waals surface area contributed by atoms with Crippen LogP contribution >= 0.6 is 0 Å². The van der Waals surface area contributed by atoms with Crippen LogP contribution in [-0.2, 0) is 0 Å². The van der Waals surface area contributed by atoms with Crippen molar-refractivity contribution in [3.63, 3.8) is 0 Å². The van der Waals surface area contributed by atoms with Crippen LogP contribution < -0.4 is 4.74 Å². The Labute approximate surface area is 88.8 Å². The van der Waals surface area contributed by atoms with Gasteiger partial charge in [-0.15, -0.1) is 0 Å². The van der Waals surface area contributed by atoms with Gasteiger partial charge in [-0.1, -0.05) is 6.07 Å². The van der Waals surface area contributed by atoms with Crippen molar-refractivity contribution in [1.29, 1.82) is 0 Å². The van der Waals surface area contributed by atoms with Crippen molar-refractivity contribution in [3.8, 4) is 17.1 Å². The van der Waals surface area contributed by atoms with Gasteiger partial charge in [0.2, 0.25) is 0 Å². The molecule has 0 atom stereocenters.